The molecule has 0 fully saturated rings. The third-order valence-electron chi connectivity index (χ3n) is 4.78. The third-order valence-corrected chi connectivity index (χ3v) is 6.10. The summed E-state index contributed by atoms with van der Waals surface area (Å²) < 4.78 is 28.9. The summed E-state index contributed by atoms with van der Waals surface area (Å²) in [5, 5.41) is 10.8. The molecule has 2 aromatic rings. The van der Waals surface area contributed by atoms with E-state index in [4.69, 9.17) is 0 Å². The molecule has 8 nitrogen and oxygen atoms in total. The highest BCUT2D eigenvalue weighted by atomic mass is 32.2. The van der Waals surface area contributed by atoms with Gasteiger partial charge in [-0.2, -0.15) is 5.10 Å². The second kappa shape index (κ2) is 10.4. The number of aryl methyl sites for hydroxylation is 2. The van der Waals surface area contributed by atoms with Crippen LogP contribution < -0.4 is 15.4 Å². The molecule has 0 saturated carbocycles. The minimum atomic E-state index is -3.38. The number of hydrogen-bond donors (Lipinski definition) is 3. The van der Waals surface area contributed by atoms with Crippen molar-refractivity contribution in [2.45, 2.75) is 39.8 Å². The van der Waals surface area contributed by atoms with Crippen LogP contribution in [0.5, 0.6) is 0 Å². The summed E-state index contributed by atoms with van der Waals surface area (Å²) in [5.74, 6) is 0.547. The van der Waals surface area contributed by atoms with Gasteiger partial charge in [-0.1, -0.05) is 30.3 Å². The molecule has 0 aliphatic carbocycles. The smallest absolute Gasteiger partial charge is 0.213 e. The second-order valence-corrected chi connectivity index (χ2v) is 9.07. The van der Waals surface area contributed by atoms with Crippen molar-refractivity contribution in [1.29, 1.82) is 0 Å². The summed E-state index contributed by atoms with van der Waals surface area (Å²) in [4.78, 5) is 4.19. The van der Waals surface area contributed by atoms with Crippen LogP contribution in [0.3, 0.4) is 0 Å². The summed E-state index contributed by atoms with van der Waals surface area (Å²) in [7, 11) is 0.237. The van der Waals surface area contributed by atoms with Gasteiger partial charge in [-0.25, -0.2) is 13.1 Å². The number of nitrogens with one attached hydrogen (secondary N) is 3. The topological polar surface area (TPSA) is 100 Å². The van der Waals surface area contributed by atoms with Crippen molar-refractivity contribution in [3.8, 4) is 0 Å². The first-order chi connectivity index (χ1) is 13.7. The molecule has 0 bridgehead atoms. The van der Waals surface area contributed by atoms with Gasteiger partial charge in [0.15, 0.2) is 5.96 Å². The van der Waals surface area contributed by atoms with Crippen LogP contribution in [-0.4, -0.2) is 49.5 Å². The fourth-order valence-corrected chi connectivity index (χ4v) is 3.96. The molecular weight excluding hydrogens is 388 g/mol. The van der Waals surface area contributed by atoms with E-state index in [2.05, 4.69) is 39.3 Å². The largest absolute Gasteiger partial charge is 0.355 e. The van der Waals surface area contributed by atoms with Gasteiger partial charge in [0, 0.05) is 38.9 Å². The quantitative estimate of drug-likeness (QED) is 0.419. The lowest BCUT2D eigenvalue weighted by molar-refractivity contribution is 0.579. The number of nitrogens with zero attached hydrogens (tertiary/aromatic N) is 3. The molecule has 1 aromatic carbocycles. The van der Waals surface area contributed by atoms with E-state index in [1.165, 1.54) is 5.56 Å². The molecule has 2 rings (SSSR count). The normalized spacial score (nSPS) is 13.3. The number of benzene rings is 1. The number of aromatic nitrogens is 2. The maximum absolute atomic E-state index is 12.2. The van der Waals surface area contributed by atoms with E-state index in [1.54, 1.807) is 7.05 Å². The van der Waals surface area contributed by atoms with Crippen molar-refractivity contribution < 1.29 is 8.42 Å². The standard InChI is InChI=1S/C20H32N6O2S/c1-15(13-19-16(2)25-26(5)17(19)3)24-20(21-4)22-11-12-29(27,28)23-14-18-9-7-6-8-10-18/h6-10,15,23H,11-14H2,1-5H3,(H2,21,22,24). The summed E-state index contributed by atoms with van der Waals surface area (Å²) >= 11 is 0. The fourth-order valence-electron chi connectivity index (χ4n) is 3.06. The van der Waals surface area contributed by atoms with E-state index < -0.39 is 10.0 Å². The lowest BCUT2D eigenvalue weighted by atomic mass is 10.1. The Kier molecular flexibility index (Phi) is 8.21. The van der Waals surface area contributed by atoms with Crippen molar-refractivity contribution in [2.75, 3.05) is 19.3 Å². The Morgan fingerprint density at radius 2 is 1.93 bits per heavy atom. The zero-order valence-corrected chi connectivity index (χ0v) is 18.7. The van der Waals surface area contributed by atoms with E-state index >= 15 is 0 Å². The molecule has 1 aromatic heterocycles. The monoisotopic (exact) mass is 420 g/mol. The molecule has 1 heterocycles. The molecule has 0 radical (unpaired) electrons. The second-order valence-electron chi connectivity index (χ2n) is 7.15. The van der Waals surface area contributed by atoms with Crippen LogP contribution in [0, 0.1) is 13.8 Å². The Morgan fingerprint density at radius 3 is 2.52 bits per heavy atom. The molecule has 3 N–H and O–H groups in total. The van der Waals surface area contributed by atoms with Crippen LogP contribution in [0.25, 0.3) is 0 Å². The van der Waals surface area contributed by atoms with Crippen molar-refractivity contribution >= 4 is 16.0 Å². The number of sulfonamides is 1. The molecular formula is C20H32N6O2S. The van der Waals surface area contributed by atoms with Gasteiger partial charge in [0.25, 0.3) is 0 Å². The molecule has 0 aliphatic heterocycles. The van der Waals surface area contributed by atoms with E-state index in [0.717, 1.165) is 23.4 Å². The average Bonchev–Trinajstić information content (AvgIpc) is 2.92. The predicted octanol–water partition coefficient (Wildman–Crippen LogP) is 1.25. The minimum absolute atomic E-state index is 0.0320. The SMILES string of the molecule is CN=C(NCCS(=O)(=O)NCc1ccccc1)NC(C)Cc1c(C)nn(C)c1C. The maximum atomic E-state index is 12.2. The number of aliphatic imine (C=N–C) groups is 1. The van der Waals surface area contributed by atoms with E-state index in [9.17, 15) is 8.42 Å². The Labute approximate surface area is 173 Å². The van der Waals surface area contributed by atoms with Gasteiger partial charge in [-0.3, -0.25) is 9.67 Å². The Balaban J connectivity index is 1.79. The van der Waals surface area contributed by atoms with Crippen LogP contribution in [0.2, 0.25) is 0 Å². The lowest BCUT2D eigenvalue weighted by Gasteiger charge is -2.18. The van der Waals surface area contributed by atoms with Gasteiger partial charge in [0.1, 0.15) is 0 Å². The Bertz CT molecular complexity index is 922. The number of hydrogen-bond acceptors (Lipinski definition) is 4. The van der Waals surface area contributed by atoms with Crippen molar-refractivity contribution in [3.63, 3.8) is 0 Å². The summed E-state index contributed by atoms with van der Waals surface area (Å²) in [6, 6.07) is 9.57. The number of rotatable bonds is 9. The van der Waals surface area contributed by atoms with Crippen LogP contribution in [-0.2, 0) is 30.0 Å². The van der Waals surface area contributed by atoms with Gasteiger partial charge >= 0.3 is 0 Å². The first-order valence-corrected chi connectivity index (χ1v) is 11.3. The lowest BCUT2D eigenvalue weighted by Crippen LogP contribution is -2.45. The molecule has 1 unspecified atom stereocenters. The van der Waals surface area contributed by atoms with Gasteiger partial charge in [-0.15, -0.1) is 0 Å². The molecule has 1 atom stereocenters. The molecule has 0 amide bonds. The van der Waals surface area contributed by atoms with Crippen molar-refractivity contribution in [2.24, 2.45) is 12.0 Å². The highest BCUT2D eigenvalue weighted by molar-refractivity contribution is 7.89. The number of guanidine groups is 1. The third kappa shape index (κ3) is 7.17. The minimum Gasteiger partial charge on any atom is -0.355 e. The zero-order chi connectivity index (χ0) is 21.4. The van der Waals surface area contributed by atoms with Crippen LogP contribution >= 0.6 is 0 Å². The van der Waals surface area contributed by atoms with E-state index in [0.29, 0.717) is 5.96 Å². The van der Waals surface area contributed by atoms with E-state index in [-0.39, 0.29) is 24.9 Å². The van der Waals surface area contributed by atoms with Gasteiger partial charge in [0.05, 0.1) is 11.4 Å². The van der Waals surface area contributed by atoms with Gasteiger partial charge in [0.2, 0.25) is 10.0 Å². The zero-order valence-electron chi connectivity index (χ0n) is 17.9. The van der Waals surface area contributed by atoms with E-state index in [1.807, 2.05) is 49.0 Å². The fraction of sp³-hybridized carbons (Fsp3) is 0.500. The first kappa shape index (κ1) is 22.9. The van der Waals surface area contributed by atoms with Crippen molar-refractivity contribution in [3.05, 3.63) is 52.8 Å². The predicted molar refractivity (Wildman–Crippen MR) is 117 cm³/mol. The Hall–Kier alpha value is -2.39. The van der Waals surface area contributed by atoms with Gasteiger partial charge in [-0.05, 0) is 38.3 Å². The maximum Gasteiger partial charge on any atom is 0.213 e. The molecule has 0 spiro atoms. The van der Waals surface area contributed by atoms with Crippen LogP contribution in [0.1, 0.15) is 29.4 Å². The average molecular weight is 421 g/mol. The highest BCUT2D eigenvalue weighted by Crippen LogP contribution is 2.14. The molecule has 29 heavy (non-hydrogen) atoms. The molecule has 0 saturated heterocycles. The highest BCUT2D eigenvalue weighted by Gasteiger charge is 2.15. The van der Waals surface area contributed by atoms with Crippen LogP contribution in [0.4, 0.5) is 0 Å². The van der Waals surface area contributed by atoms with Gasteiger partial charge < -0.3 is 10.6 Å². The van der Waals surface area contributed by atoms with Crippen molar-refractivity contribution in [1.82, 2.24) is 25.1 Å². The molecule has 160 valence electrons. The molecule has 0 aliphatic rings. The summed E-state index contributed by atoms with van der Waals surface area (Å²) in [6.07, 6.45) is 0.809. The summed E-state index contributed by atoms with van der Waals surface area (Å²) in [5.41, 5.74) is 4.32. The van der Waals surface area contributed by atoms with Crippen LogP contribution in [0.15, 0.2) is 35.3 Å². The molecule has 9 heteroatoms. The first-order valence-electron chi connectivity index (χ1n) is 9.69. The Morgan fingerprint density at radius 1 is 1.24 bits per heavy atom. The summed E-state index contributed by atoms with van der Waals surface area (Å²) in [6.45, 7) is 6.69.